The average molecular weight is 349 g/mol. The van der Waals surface area contributed by atoms with Crippen LogP contribution in [0, 0.1) is 0 Å². The first kappa shape index (κ1) is 13.5. The van der Waals surface area contributed by atoms with Crippen LogP contribution in [0.2, 0.25) is 0 Å². The molecule has 0 fully saturated rings. The molecule has 1 amide bonds. The van der Waals surface area contributed by atoms with E-state index in [2.05, 4.69) is 38.7 Å². The maximum absolute atomic E-state index is 11.4. The average Bonchev–Trinajstić information content (AvgIpc) is 2.45. The molecular weight excluding hydrogens is 336 g/mol. The molecule has 5 heteroatoms. The van der Waals surface area contributed by atoms with E-state index in [0.717, 1.165) is 27.3 Å². The molecular formula is C15H13BrN2OS. The zero-order valence-electron chi connectivity index (χ0n) is 10.7. The van der Waals surface area contributed by atoms with Crippen molar-refractivity contribution in [1.29, 1.82) is 0 Å². The highest BCUT2D eigenvalue weighted by Gasteiger charge is 2.15. The fourth-order valence-corrected chi connectivity index (χ4v) is 3.28. The van der Waals surface area contributed by atoms with Crippen LogP contribution in [0.3, 0.4) is 0 Å². The Morgan fingerprint density at radius 2 is 2.15 bits per heavy atom. The smallest absolute Gasteiger partial charge is 0.234 e. The van der Waals surface area contributed by atoms with E-state index in [9.17, 15) is 4.79 Å². The SMILES string of the molecule is O=C1CSc2ccc(NCc3cccc(Br)c3)cc2N1. The molecule has 0 unspecified atom stereocenters. The van der Waals surface area contributed by atoms with E-state index in [0.29, 0.717) is 5.75 Å². The standard InChI is InChI=1S/C15H13BrN2OS/c16-11-3-1-2-10(6-11)8-17-12-4-5-14-13(7-12)18-15(19)9-20-14/h1-7,17H,8-9H2,(H,18,19). The number of rotatable bonds is 3. The molecule has 1 aliphatic heterocycles. The summed E-state index contributed by atoms with van der Waals surface area (Å²) in [4.78, 5) is 12.5. The molecule has 0 saturated heterocycles. The zero-order chi connectivity index (χ0) is 13.9. The lowest BCUT2D eigenvalue weighted by atomic mass is 10.2. The molecule has 0 aromatic heterocycles. The van der Waals surface area contributed by atoms with E-state index in [4.69, 9.17) is 0 Å². The lowest BCUT2D eigenvalue weighted by Crippen LogP contribution is -2.18. The predicted molar refractivity (Wildman–Crippen MR) is 87.3 cm³/mol. The minimum atomic E-state index is 0.0617. The van der Waals surface area contributed by atoms with Crippen LogP contribution >= 0.6 is 27.7 Å². The van der Waals surface area contributed by atoms with Crippen molar-refractivity contribution >= 4 is 45.0 Å². The van der Waals surface area contributed by atoms with Gasteiger partial charge in [0.15, 0.2) is 0 Å². The molecule has 1 aliphatic rings. The van der Waals surface area contributed by atoms with Gasteiger partial charge in [0.05, 0.1) is 11.4 Å². The van der Waals surface area contributed by atoms with Gasteiger partial charge in [0.25, 0.3) is 0 Å². The van der Waals surface area contributed by atoms with E-state index in [1.807, 2.05) is 30.3 Å². The highest BCUT2D eigenvalue weighted by Crippen LogP contribution is 2.33. The summed E-state index contributed by atoms with van der Waals surface area (Å²) in [6.45, 7) is 0.749. The van der Waals surface area contributed by atoms with Crippen molar-refractivity contribution in [1.82, 2.24) is 0 Å². The number of benzene rings is 2. The largest absolute Gasteiger partial charge is 0.381 e. The Balaban J connectivity index is 1.72. The summed E-state index contributed by atoms with van der Waals surface area (Å²) < 4.78 is 1.07. The van der Waals surface area contributed by atoms with Crippen LogP contribution < -0.4 is 10.6 Å². The Bertz CT molecular complexity index is 660. The Hall–Kier alpha value is -1.46. The van der Waals surface area contributed by atoms with Gasteiger partial charge in [-0.2, -0.15) is 0 Å². The van der Waals surface area contributed by atoms with Gasteiger partial charge in [-0.3, -0.25) is 4.79 Å². The fourth-order valence-electron chi connectivity index (χ4n) is 2.04. The Morgan fingerprint density at radius 1 is 1.25 bits per heavy atom. The topological polar surface area (TPSA) is 41.1 Å². The molecule has 102 valence electrons. The molecule has 20 heavy (non-hydrogen) atoms. The lowest BCUT2D eigenvalue weighted by molar-refractivity contribution is -0.113. The van der Waals surface area contributed by atoms with Gasteiger partial charge in [0.2, 0.25) is 5.91 Å². The summed E-state index contributed by atoms with van der Waals surface area (Å²) in [5.74, 6) is 0.560. The lowest BCUT2D eigenvalue weighted by Gasteiger charge is -2.17. The van der Waals surface area contributed by atoms with E-state index in [1.54, 1.807) is 11.8 Å². The van der Waals surface area contributed by atoms with Crippen molar-refractivity contribution < 1.29 is 4.79 Å². The Labute approximate surface area is 130 Å². The number of thioether (sulfide) groups is 1. The number of hydrogen-bond acceptors (Lipinski definition) is 3. The molecule has 0 radical (unpaired) electrons. The highest BCUT2D eigenvalue weighted by molar-refractivity contribution is 9.10. The third kappa shape index (κ3) is 3.16. The number of anilines is 2. The first-order valence-corrected chi connectivity index (χ1v) is 8.03. The second-order valence-corrected chi connectivity index (χ2v) is 6.46. The van der Waals surface area contributed by atoms with Crippen molar-refractivity contribution in [2.24, 2.45) is 0 Å². The summed E-state index contributed by atoms with van der Waals surface area (Å²) in [6.07, 6.45) is 0. The first-order valence-electron chi connectivity index (χ1n) is 6.26. The van der Waals surface area contributed by atoms with Crippen molar-refractivity contribution in [3.63, 3.8) is 0 Å². The molecule has 3 rings (SSSR count). The number of hydrogen-bond donors (Lipinski definition) is 2. The number of fused-ring (bicyclic) bond motifs is 1. The molecule has 0 spiro atoms. The number of carbonyl (C=O) groups is 1. The number of amides is 1. The summed E-state index contributed by atoms with van der Waals surface area (Å²) >= 11 is 5.04. The summed E-state index contributed by atoms with van der Waals surface area (Å²) in [5.41, 5.74) is 3.10. The second-order valence-electron chi connectivity index (χ2n) is 4.53. The van der Waals surface area contributed by atoms with Crippen LogP contribution in [0.5, 0.6) is 0 Å². The van der Waals surface area contributed by atoms with Gasteiger partial charge in [-0.05, 0) is 35.9 Å². The summed E-state index contributed by atoms with van der Waals surface area (Å²) in [7, 11) is 0. The molecule has 2 aromatic rings. The van der Waals surface area contributed by atoms with Crippen molar-refractivity contribution in [3.8, 4) is 0 Å². The molecule has 0 saturated carbocycles. The van der Waals surface area contributed by atoms with Gasteiger partial charge in [0.1, 0.15) is 0 Å². The third-order valence-electron chi connectivity index (χ3n) is 3.00. The van der Waals surface area contributed by atoms with Gasteiger partial charge in [-0.1, -0.05) is 28.1 Å². The Kier molecular flexibility index (Phi) is 3.98. The van der Waals surface area contributed by atoms with E-state index in [1.165, 1.54) is 5.56 Å². The molecule has 2 aromatic carbocycles. The fraction of sp³-hybridized carbons (Fsp3) is 0.133. The van der Waals surface area contributed by atoms with Crippen LogP contribution in [-0.2, 0) is 11.3 Å². The minimum absolute atomic E-state index is 0.0617. The minimum Gasteiger partial charge on any atom is -0.381 e. The second kappa shape index (κ2) is 5.89. The predicted octanol–water partition coefficient (Wildman–Crippen LogP) is 4.11. The van der Waals surface area contributed by atoms with Gasteiger partial charge in [-0.15, -0.1) is 11.8 Å². The molecule has 2 N–H and O–H groups in total. The zero-order valence-corrected chi connectivity index (χ0v) is 13.1. The van der Waals surface area contributed by atoms with E-state index in [-0.39, 0.29) is 5.91 Å². The van der Waals surface area contributed by atoms with Crippen molar-refractivity contribution in [3.05, 3.63) is 52.5 Å². The number of nitrogens with one attached hydrogen (secondary N) is 2. The van der Waals surface area contributed by atoms with E-state index >= 15 is 0 Å². The van der Waals surface area contributed by atoms with Crippen LogP contribution in [0.15, 0.2) is 51.8 Å². The van der Waals surface area contributed by atoms with Gasteiger partial charge >= 0.3 is 0 Å². The van der Waals surface area contributed by atoms with Gasteiger partial charge in [-0.25, -0.2) is 0 Å². The highest BCUT2D eigenvalue weighted by atomic mass is 79.9. The molecule has 0 bridgehead atoms. The van der Waals surface area contributed by atoms with Crippen LogP contribution in [-0.4, -0.2) is 11.7 Å². The molecule has 0 aliphatic carbocycles. The monoisotopic (exact) mass is 348 g/mol. The number of carbonyl (C=O) groups excluding carboxylic acids is 1. The third-order valence-corrected chi connectivity index (χ3v) is 4.56. The summed E-state index contributed by atoms with van der Waals surface area (Å²) in [6, 6.07) is 14.3. The van der Waals surface area contributed by atoms with Crippen molar-refractivity contribution in [2.45, 2.75) is 11.4 Å². The molecule has 1 heterocycles. The maximum Gasteiger partial charge on any atom is 0.234 e. The van der Waals surface area contributed by atoms with Crippen LogP contribution in [0.1, 0.15) is 5.56 Å². The van der Waals surface area contributed by atoms with Crippen LogP contribution in [0.25, 0.3) is 0 Å². The van der Waals surface area contributed by atoms with Gasteiger partial charge < -0.3 is 10.6 Å². The molecule has 0 atom stereocenters. The Morgan fingerprint density at radius 3 is 3.00 bits per heavy atom. The first-order chi connectivity index (χ1) is 9.70. The maximum atomic E-state index is 11.4. The van der Waals surface area contributed by atoms with Gasteiger partial charge in [0, 0.05) is 21.6 Å². The quantitative estimate of drug-likeness (QED) is 0.876. The summed E-state index contributed by atoms with van der Waals surface area (Å²) in [5, 5.41) is 6.27. The normalized spacial score (nSPS) is 13.6. The van der Waals surface area contributed by atoms with E-state index < -0.39 is 0 Å². The van der Waals surface area contributed by atoms with Crippen LogP contribution in [0.4, 0.5) is 11.4 Å². The molecule has 3 nitrogen and oxygen atoms in total. The number of halogens is 1. The van der Waals surface area contributed by atoms with Crippen molar-refractivity contribution in [2.75, 3.05) is 16.4 Å².